The smallest absolute Gasteiger partial charge is 0.123 e. The van der Waals surface area contributed by atoms with Gasteiger partial charge in [0.05, 0.1) is 11.6 Å². The van der Waals surface area contributed by atoms with Crippen LogP contribution in [0, 0.1) is 17.1 Å². The second kappa shape index (κ2) is 5.94. The number of hydrogen-bond donors (Lipinski definition) is 1. The van der Waals surface area contributed by atoms with Crippen molar-refractivity contribution < 1.29 is 4.39 Å². The third-order valence-electron chi connectivity index (χ3n) is 3.50. The van der Waals surface area contributed by atoms with Gasteiger partial charge in [0.1, 0.15) is 5.82 Å². The molecule has 0 aromatic heterocycles. The predicted molar refractivity (Wildman–Crippen MR) is 68.5 cm³/mol. The summed E-state index contributed by atoms with van der Waals surface area (Å²) in [4.78, 5) is 2.28. The number of halogens is 1. The van der Waals surface area contributed by atoms with Crippen LogP contribution in [-0.2, 0) is 6.54 Å². The number of nitrogens with zero attached hydrogens (tertiary/aromatic N) is 2. The number of hydrogen-bond acceptors (Lipinski definition) is 3. The van der Waals surface area contributed by atoms with Gasteiger partial charge in [0.15, 0.2) is 0 Å². The minimum absolute atomic E-state index is 0.272. The first-order chi connectivity index (χ1) is 8.72. The van der Waals surface area contributed by atoms with Crippen molar-refractivity contribution in [2.75, 3.05) is 20.1 Å². The molecule has 96 valence electrons. The third-order valence-corrected chi connectivity index (χ3v) is 3.50. The van der Waals surface area contributed by atoms with Gasteiger partial charge >= 0.3 is 0 Å². The fourth-order valence-corrected chi connectivity index (χ4v) is 2.48. The van der Waals surface area contributed by atoms with Crippen molar-refractivity contribution in [3.8, 4) is 6.07 Å². The molecule has 1 fully saturated rings. The molecule has 0 amide bonds. The summed E-state index contributed by atoms with van der Waals surface area (Å²) in [7, 11) is 1.97. The molecule has 0 radical (unpaired) electrons. The van der Waals surface area contributed by atoms with Gasteiger partial charge in [-0.05, 0) is 50.2 Å². The Kier molecular flexibility index (Phi) is 4.29. The zero-order valence-electron chi connectivity index (χ0n) is 10.6. The maximum absolute atomic E-state index is 13.2. The lowest BCUT2D eigenvalue weighted by atomic mass is 10.0. The largest absolute Gasteiger partial charge is 0.316 e. The van der Waals surface area contributed by atoms with Gasteiger partial charge in [0, 0.05) is 19.1 Å². The number of likely N-dealkylation sites (tertiary alicyclic amines) is 1. The molecular formula is C14H18FN3. The minimum Gasteiger partial charge on any atom is -0.316 e. The topological polar surface area (TPSA) is 39.1 Å². The molecule has 18 heavy (non-hydrogen) atoms. The molecule has 1 heterocycles. The van der Waals surface area contributed by atoms with E-state index in [2.05, 4.69) is 16.3 Å². The van der Waals surface area contributed by atoms with Gasteiger partial charge in [0.25, 0.3) is 0 Å². The Labute approximate surface area is 107 Å². The first kappa shape index (κ1) is 13.0. The number of nitrogens with one attached hydrogen (secondary N) is 1. The van der Waals surface area contributed by atoms with Crippen molar-refractivity contribution in [2.45, 2.75) is 25.4 Å². The van der Waals surface area contributed by atoms with Gasteiger partial charge in [0.2, 0.25) is 0 Å². The number of benzene rings is 1. The molecule has 1 aromatic carbocycles. The molecule has 0 bridgehead atoms. The first-order valence-electron chi connectivity index (χ1n) is 6.31. The van der Waals surface area contributed by atoms with E-state index in [-0.39, 0.29) is 5.82 Å². The van der Waals surface area contributed by atoms with E-state index in [1.54, 1.807) is 6.07 Å². The second-order valence-corrected chi connectivity index (χ2v) is 4.78. The van der Waals surface area contributed by atoms with E-state index in [1.807, 2.05) is 7.05 Å². The maximum atomic E-state index is 13.2. The quantitative estimate of drug-likeness (QED) is 0.886. The average molecular weight is 247 g/mol. The third kappa shape index (κ3) is 3.06. The van der Waals surface area contributed by atoms with Crippen LogP contribution >= 0.6 is 0 Å². The highest BCUT2D eigenvalue weighted by molar-refractivity contribution is 5.37. The van der Waals surface area contributed by atoms with Crippen molar-refractivity contribution in [3.63, 3.8) is 0 Å². The summed E-state index contributed by atoms with van der Waals surface area (Å²) in [5, 5.41) is 12.3. The molecule has 1 N–H and O–H groups in total. The summed E-state index contributed by atoms with van der Waals surface area (Å²) in [6, 6.07) is 7.00. The predicted octanol–water partition coefficient (Wildman–Crippen LogP) is 1.88. The van der Waals surface area contributed by atoms with Crippen LogP contribution in [0.3, 0.4) is 0 Å². The van der Waals surface area contributed by atoms with Crippen molar-refractivity contribution in [2.24, 2.45) is 0 Å². The summed E-state index contributed by atoms with van der Waals surface area (Å²) >= 11 is 0. The zero-order chi connectivity index (χ0) is 13.0. The Hall–Kier alpha value is -1.44. The molecule has 0 saturated carbocycles. The van der Waals surface area contributed by atoms with Gasteiger partial charge in [-0.2, -0.15) is 5.26 Å². The monoisotopic (exact) mass is 247 g/mol. The fraction of sp³-hybridized carbons (Fsp3) is 0.500. The SMILES string of the molecule is CNC1CCCN(Cc2cc(F)ccc2C#N)C1. The molecule has 0 spiro atoms. The number of piperidine rings is 1. The molecule has 0 aliphatic carbocycles. The van der Waals surface area contributed by atoms with E-state index in [0.29, 0.717) is 18.2 Å². The van der Waals surface area contributed by atoms with Crippen molar-refractivity contribution in [1.82, 2.24) is 10.2 Å². The Bertz CT molecular complexity index is 453. The highest BCUT2D eigenvalue weighted by Crippen LogP contribution is 2.17. The Balaban J connectivity index is 2.09. The van der Waals surface area contributed by atoms with Gasteiger partial charge in [-0.3, -0.25) is 4.90 Å². The van der Waals surface area contributed by atoms with Crippen molar-refractivity contribution in [3.05, 3.63) is 35.1 Å². The van der Waals surface area contributed by atoms with E-state index < -0.39 is 0 Å². The maximum Gasteiger partial charge on any atom is 0.123 e. The van der Waals surface area contributed by atoms with Crippen LogP contribution in [0.15, 0.2) is 18.2 Å². The molecule has 4 heteroatoms. The number of likely N-dealkylation sites (N-methyl/N-ethyl adjacent to an activating group) is 1. The highest BCUT2D eigenvalue weighted by atomic mass is 19.1. The second-order valence-electron chi connectivity index (χ2n) is 4.78. The summed E-state index contributed by atoms with van der Waals surface area (Å²) in [6.07, 6.45) is 2.32. The van der Waals surface area contributed by atoms with E-state index >= 15 is 0 Å². The van der Waals surface area contributed by atoms with Gasteiger partial charge in [-0.1, -0.05) is 0 Å². The van der Waals surface area contributed by atoms with Crippen LogP contribution in [0.25, 0.3) is 0 Å². The van der Waals surface area contributed by atoms with Crippen molar-refractivity contribution >= 4 is 0 Å². The lowest BCUT2D eigenvalue weighted by molar-refractivity contribution is 0.187. The first-order valence-corrected chi connectivity index (χ1v) is 6.31. The lowest BCUT2D eigenvalue weighted by Crippen LogP contribution is -2.43. The molecular weight excluding hydrogens is 229 g/mol. The van der Waals surface area contributed by atoms with Crippen molar-refractivity contribution in [1.29, 1.82) is 5.26 Å². The van der Waals surface area contributed by atoms with E-state index in [9.17, 15) is 4.39 Å². The minimum atomic E-state index is -0.272. The molecule has 2 rings (SSSR count). The Morgan fingerprint density at radius 3 is 3.11 bits per heavy atom. The van der Waals surface area contributed by atoms with Crippen LogP contribution in [0.5, 0.6) is 0 Å². The zero-order valence-corrected chi connectivity index (χ0v) is 10.6. The van der Waals surface area contributed by atoms with E-state index in [1.165, 1.54) is 18.6 Å². The number of nitriles is 1. The highest BCUT2D eigenvalue weighted by Gasteiger charge is 2.19. The average Bonchev–Trinajstić information content (AvgIpc) is 2.39. The molecule has 1 unspecified atom stereocenters. The van der Waals surface area contributed by atoms with Crippen LogP contribution in [0.2, 0.25) is 0 Å². The van der Waals surface area contributed by atoms with E-state index in [0.717, 1.165) is 25.1 Å². The molecule has 1 saturated heterocycles. The molecule has 1 aliphatic rings. The van der Waals surface area contributed by atoms with Crippen LogP contribution < -0.4 is 5.32 Å². The normalized spacial score (nSPS) is 20.6. The fourth-order valence-electron chi connectivity index (χ4n) is 2.48. The molecule has 3 nitrogen and oxygen atoms in total. The summed E-state index contributed by atoms with van der Waals surface area (Å²) < 4.78 is 13.2. The van der Waals surface area contributed by atoms with Crippen LogP contribution in [0.4, 0.5) is 4.39 Å². The molecule has 1 aliphatic heterocycles. The van der Waals surface area contributed by atoms with Crippen LogP contribution in [0.1, 0.15) is 24.0 Å². The van der Waals surface area contributed by atoms with Crippen LogP contribution in [-0.4, -0.2) is 31.1 Å². The Morgan fingerprint density at radius 2 is 2.39 bits per heavy atom. The lowest BCUT2D eigenvalue weighted by Gasteiger charge is -2.32. The van der Waals surface area contributed by atoms with Gasteiger partial charge < -0.3 is 5.32 Å². The Morgan fingerprint density at radius 1 is 1.56 bits per heavy atom. The van der Waals surface area contributed by atoms with E-state index in [4.69, 9.17) is 5.26 Å². The van der Waals surface area contributed by atoms with Gasteiger partial charge in [-0.15, -0.1) is 0 Å². The summed E-state index contributed by atoms with van der Waals surface area (Å²) in [5.41, 5.74) is 1.36. The summed E-state index contributed by atoms with van der Waals surface area (Å²) in [5.74, 6) is -0.272. The molecule has 1 atom stereocenters. The number of rotatable bonds is 3. The standard InChI is InChI=1S/C14H18FN3/c1-17-14-3-2-6-18(10-14)9-12-7-13(15)5-4-11(12)8-16/h4-5,7,14,17H,2-3,6,9-10H2,1H3. The summed E-state index contributed by atoms with van der Waals surface area (Å²) in [6.45, 7) is 2.62. The molecule has 1 aromatic rings. The van der Waals surface area contributed by atoms with Gasteiger partial charge in [-0.25, -0.2) is 4.39 Å².